The zero-order valence-corrected chi connectivity index (χ0v) is 12.5. The molecule has 104 valence electrons. The van der Waals surface area contributed by atoms with Crippen LogP contribution in [0.2, 0.25) is 0 Å². The molecule has 0 aromatic carbocycles. The molecule has 1 aliphatic carbocycles. The Labute approximate surface area is 119 Å². The van der Waals surface area contributed by atoms with Crippen molar-refractivity contribution in [3.05, 3.63) is 33.2 Å². The van der Waals surface area contributed by atoms with E-state index in [0.717, 1.165) is 31.8 Å². The summed E-state index contributed by atoms with van der Waals surface area (Å²) in [6.45, 7) is 4.12. The van der Waals surface area contributed by atoms with Crippen molar-refractivity contribution in [2.45, 2.75) is 51.5 Å². The van der Waals surface area contributed by atoms with E-state index in [2.05, 4.69) is 24.4 Å². The maximum absolute atomic E-state index is 5.80. The van der Waals surface area contributed by atoms with E-state index >= 15 is 0 Å². The Morgan fingerprint density at radius 2 is 2.26 bits per heavy atom. The van der Waals surface area contributed by atoms with Crippen molar-refractivity contribution in [1.29, 1.82) is 0 Å². The van der Waals surface area contributed by atoms with Crippen LogP contribution in [0.1, 0.15) is 54.0 Å². The first-order chi connectivity index (χ1) is 9.38. The summed E-state index contributed by atoms with van der Waals surface area (Å²) in [7, 11) is 0. The number of fused-ring (bicyclic) bond motifs is 1. The first-order valence-electron chi connectivity index (χ1n) is 7.56. The van der Waals surface area contributed by atoms with Crippen molar-refractivity contribution < 1.29 is 4.74 Å². The minimum atomic E-state index is 0.290. The lowest BCUT2D eigenvalue weighted by Crippen LogP contribution is -2.23. The second kappa shape index (κ2) is 6.10. The summed E-state index contributed by atoms with van der Waals surface area (Å²) in [5, 5.41) is 3.65. The van der Waals surface area contributed by atoms with Crippen LogP contribution in [0.5, 0.6) is 0 Å². The van der Waals surface area contributed by atoms with Gasteiger partial charge in [-0.1, -0.05) is 6.92 Å². The number of rotatable bonds is 5. The molecule has 1 atom stereocenters. The molecule has 2 nitrogen and oxygen atoms in total. The molecule has 0 radical (unpaired) electrons. The molecule has 0 amide bonds. The van der Waals surface area contributed by atoms with Crippen LogP contribution >= 0.6 is 11.3 Å². The molecule has 1 unspecified atom stereocenters. The van der Waals surface area contributed by atoms with Gasteiger partial charge in [0.05, 0.1) is 12.6 Å². The second-order valence-electron chi connectivity index (χ2n) is 5.44. The number of aryl methyl sites for hydroxylation is 2. The molecule has 19 heavy (non-hydrogen) atoms. The van der Waals surface area contributed by atoms with E-state index in [-0.39, 0.29) is 6.04 Å². The largest absolute Gasteiger partial charge is 0.496 e. The van der Waals surface area contributed by atoms with Crippen molar-refractivity contribution in [2.75, 3.05) is 13.2 Å². The van der Waals surface area contributed by atoms with Crippen LogP contribution < -0.4 is 5.32 Å². The highest BCUT2D eigenvalue weighted by molar-refractivity contribution is 7.12. The summed E-state index contributed by atoms with van der Waals surface area (Å²) < 4.78 is 5.80. The van der Waals surface area contributed by atoms with Gasteiger partial charge in [-0.3, -0.25) is 0 Å². The molecule has 2 aliphatic rings. The van der Waals surface area contributed by atoms with Gasteiger partial charge in [0, 0.05) is 16.2 Å². The SMILES string of the molecule is CCCNC(C1=CCCO1)c1cc2c(s1)CCCC2. The van der Waals surface area contributed by atoms with E-state index in [9.17, 15) is 0 Å². The van der Waals surface area contributed by atoms with Crippen LogP contribution in [-0.4, -0.2) is 13.2 Å². The standard InChI is InChI=1S/C16H23NOS/c1-2-9-17-16(13-7-5-10-18-13)15-11-12-6-3-4-8-14(12)19-15/h7,11,16-17H,2-6,8-10H2,1H3. The quantitative estimate of drug-likeness (QED) is 0.879. The Morgan fingerprint density at radius 1 is 1.37 bits per heavy atom. The predicted molar refractivity (Wildman–Crippen MR) is 80.6 cm³/mol. The fraction of sp³-hybridized carbons (Fsp3) is 0.625. The molecule has 1 N–H and O–H groups in total. The van der Waals surface area contributed by atoms with Crippen LogP contribution in [-0.2, 0) is 17.6 Å². The number of hydrogen-bond donors (Lipinski definition) is 1. The van der Waals surface area contributed by atoms with Crippen LogP contribution in [0.4, 0.5) is 0 Å². The van der Waals surface area contributed by atoms with E-state index in [1.165, 1.54) is 30.6 Å². The van der Waals surface area contributed by atoms with Gasteiger partial charge in [-0.05, 0) is 56.4 Å². The van der Waals surface area contributed by atoms with Gasteiger partial charge in [-0.2, -0.15) is 0 Å². The average Bonchev–Trinajstić information content (AvgIpc) is 3.08. The summed E-state index contributed by atoms with van der Waals surface area (Å²) in [5.41, 5.74) is 1.59. The summed E-state index contributed by atoms with van der Waals surface area (Å²) in [4.78, 5) is 3.07. The Balaban J connectivity index is 1.83. The minimum Gasteiger partial charge on any atom is -0.496 e. The third-order valence-corrected chi connectivity index (χ3v) is 5.22. The minimum absolute atomic E-state index is 0.290. The molecule has 1 aromatic rings. The molecule has 0 saturated heterocycles. The Hall–Kier alpha value is -0.800. The van der Waals surface area contributed by atoms with Gasteiger partial charge in [-0.25, -0.2) is 0 Å². The topological polar surface area (TPSA) is 21.3 Å². The summed E-state index contributed by atoms with van der Waals surface area (Å²) in [6, 6.07) is 2.72. The Kier molecular flexibility index (Phi) is 4.24. The van der Waals surface area contributed by atoms with Crippen molar-refractivity contribution in [3.63, 3.8) is 0 Å². The molecule has 1 aliphatic heterocycles. The molecule has 2 heterocycles. The van der Waals surface area contributed by atoms with Crippen LogP contribution in [0, 0.1) is 0 Å². The van der Waals surface area contributed by atoms with E-state index in [1.807, 2.05) is 11.3 Å². The van der Waals surface area contributed by atoms with Crippen LogP contribution in [0.25, 0.3) is 0 Å². The van der Waals surface area contributed by atoms with Gasteiger partial charge in [0.15, 0.2) is 0 Å². The van der Waals surface area contributed by atoms with Gasteiger partial charge in [-0.15, -0.1) is 11.3 Å². The zero-order chi connectivity index (χ0) is 13.1. The van der Waals surface area contributed by atoms with Crippen molar-refractivity contribution in [3.8, 4) is 0 Å². The lowest BCUT2D eigenvalue weighted by Gasteiger charge is -2.18. The first-order valence-corrected chi connectivity index (χ1v) is 8.38. The normalized spacial score (nSPS) is 19.7. The summed E-state index contributed by atoms with van der Waals surface area (Å²) in [5.74, 6) is 1.15. The molecule has 1 aromatic heterocycles. The van der Waals surface area contributed by atoms with Gasteiger partial charge in [0.2, 0.25) is 0 Å². The van der Waals surface area contributed by atoms with E-state index in [1.54, 1.807) is 10.4 Å². The third-order valence-electron chi connectivity index (χ3n) is 3.92. The Bertz CT molecular complexity index is 440. The second-order valence-corrected chi connectivity index (χ2v) is 6.60. The highest BCUT2D eigenvalue weighted by atomic mass is 32.1. The molecule has 0 saturated carbocycles. The van der Waals surface area contributed by atoms with E-state index < -0.39 is 0 Å². The third kappa shape index (κ3) is 2.87. The van der Waals surface area contributed by atoms with Gasteiger partial charge >= 0.3 is 0 Å². The van der Waals surface area contributed by atoms with Gasteiger partial charge in [0.1, 0.15) is 5.76 Å². The lowest BCUT2D eigenvalue weighted by molar-refractivity contribution is 0.216. The fourth-order valence-electron chi connectivity index (χ4n) is 2.92. The predicted octanol–water partition coefficient (Wildman–Crippen LogP) is 3.97. The van der Waals surface area contributed by atoms with E-state index in [4.69, 9.17) is 4.74 Å². The maximum atomic E-state index is 5.80. The van der Waals surface area contributed by atoms with Gasteiger partial charge in [0.25, 0.3) is 0 Å². The van der Waals surface area contributed by atoms with Crippen LogP contribution in [0.15, 0.2) is 17.9 Å². The van der Waals surface area contributed by atoms with Crippen molar-refractivity contribution >= 4 is 11.3 Å². The van der Waals surface area contributed by atoms with E-state index in [0.29, 0.717) is 0 Å². The first kappa shape index (κ1) is 13.2. The molecule has 0 fully saturated rings. The molecule has 3 heteroatoms. The average molecular weight is 277 g/mol. The smallest absolute Gasteiger partial charge is 0.114 e. The lowest BCUT2D eigenvalue weighted by atomic mass is 9.98. The number of thiophene rings is 1. The number of ether oxygens (including phenoxy) is 1. The fourth-order valence-corrected chi connectivity index (χ4v) is 4.27. The number of hydrogen-bond acceptors (Lipinski definition) is 3. The zero-order valence-electron chi connectivity index (χ0n) is 11.7. The Morgan fingerprint density at radius 3 is 3.00 bits per heavy atom. The summed E-state index contributed by atoms with van der Waals surface area (Å²) >= 11 is 2.00. The monoisotopic (exact) mass is 277 g/mol. The maximum Gasteiger partial charge on any atom is 0.114 e. The van der Waals surface area contributed by atoms with Crippen LogP contribution in [0.3, 0.4) is 0 Å². The molecule has 3 rings (SSSR count). The molecule has 0 spiro atoms. The van der Waals surface area contributed by atoms with Crippen molar-refractivity contribution in [2.24, 2.45) is 0 Å². The molecular formula is C16H23NOS. The molecule has 0 bridgehead atoms. The van der Waals surface area contributed by atoms with Crippen molar-refractivity contribution in [1.82, 2.24) is 5.32 Å². The van der Waals surface area contributed by atoms with Gasteiger partial charge < -0.3 is 10.1 Å². The highest BCUT2D eigenvalue weighted by Gasteiger charge is 2.24. The number of nitrogens with one attached hydrogen (secondary N) is 1. The summed E-state index contributed by atoms with van der Waals surface area (Å²) in [6.07, 6.45) is 9.74. The highest BCUT2D eigenvalue weighted by Crippen LogP contribution is 2.36. The molecular weight excluding hydrogens is 254 g/mol.